The van der Waals surface area contributed by atoms with Gasteiger partial charge in [0.15, 0.2) is 5.82 Å². The summed E-state index contributed by atoms with van der Waals surface area (Å²) < 4.78 is 35.2. The van der Waals surface area contributed by atoms with Crippen molar-refractivity contribution in [1.82, 2.24) is 19.3 Å². The number of hydrogen-bond donors (Lipinski definition) is 1. The molecule has 10 heteroatoms. The Kier molecular flexibility index (Phi) is 6.19. The molecule has 0 unspecified atom stereocenters. The summed E-state index contributed by atoms with van der Waals surface area (Å²) in [5.74, 6) is 1.76. The van der Waals surface area contributed by atoms with Crippen LogP contribution >= 0.6 is 22.7 Å². The first-order valence-electron chi connectivity index (χ1n) is 9.52. The highest BCUT2D eigenvalue weighted by atomic mass is 32.2. The molecule has 0 fully saturated rings. The van der Waals surface area contributed by atoms with E-state index in [0.29, 0.717) is 30.5 Å². The second kappa shape index (κ2) is 8.84. The van der Waals surface area contributed by atoms with Gasteiger partial charge in [-0.1, -0.05) is 19.9 Å². The number of nitrogens with one attached hydrogen (secondary N) is 1. The third-order valence-corrected chi connectivity index (χ3v) is 7.49. The van der Waals surface area contributed by atoms with Crippen molar-refractivity contribution in [3.63, 3.8) is 0 Å². The van der Waals surface area contributed by atoms with Crippen LogP contribution in [-0.2, 0) is 16.4 Å². The van der Waals surface area contributed by atoms with Gasteiger partial charge in [0.1, 0.15) is 5.75 Å². The lowest BCUT2D eigenvalue weighted by Crippen LogP contribution is -2.26. The molecule has 0 spiro atoms. The predicted octanol–water partition coefficient (Wildman–Crippen LogP) is 4.08. The molecule has 0 bridgehead atoms. The highest BCUT2D eigenvalue weighted by molar-refractivity contribution is 7.89. The first kappa shape index (κ1) is 21.0. The molecule has 0 atom stereocenters. The maximum atomic E-state index is 12.6. The molecule has 0 amide bonds. The van der Waals surface area contributed by atoms with Gasteiger partial charge in [-0.2, -0.15) is 4.98 Å². The Hall–Kier alpha value is -2.27. The lowest BCUT2D eigenvalue weighted by atomic mass is 10.2. The molecule has 0 aliphatic rings. The van der Waals surface area contributed by atoms with Gasteiger partial charge in [0.05, 0.1) is 22.1 Å². The SMILES string of the molecule is CC(C)COc1ccc(S(=O)(=O)NCCc2csc3nc(-c4cccs4)nn23)cc1. The number of ether oxygens (including phenoxy) is 1. The van der Waals surface area contributed by atoms with Crippen LogP contribution in [0.1, 0.15) is 19.5 Å². The van der Waals surface area contributed by atoms with Gasteiger partial charge >= 0.3 is 0 Å². The van der Waals surface area contributed by atoms with Gasteiger partial charge in [-0.25, -0.2) is 17.7 Å². The number of thiazole rings is 1. The van der Waals surface area contributed by atoms with Gasteiger partial charge < -0.3 is 4.74 Å². The van der Waals surface area contributed by atoms with Crippen molar-refractivity contribution in [2.75, 3.05) is 13.2 Å². The summed E-state index contributed by atoms with van der Waals surface area (Å²) in [6, 6.07) is 10.4. The molecule has 0 aliphatic heterocycles. The Morgan fingerprint density at radius 1 is 1.17 bits per heavy atom. The fourth-order valence-electron chi connectivity index (χ4n) is 2.78. The van der Waals surface area contributed by atoms with Crippen molar-refractivity contribution in [2.24, 2.45) is 5.92 Å². The third-order valence-electron chi connectivity index (χ3n) is 4.28. The van der Waals surface area contributed by atoms with E-state index in [-0.39, 0.29) is 11.4 Å². The van der Waals surface area contributed by atoms with E-state index in [9.17, 15) is 8.42 Å². The fourth-order valence-corrected chi connectivity index (χ4v) is 5.32. The maximum absolute atomic E-state index is 12.6. The maximum Gasteiger partial charge on any atom is 0.240 e. The zero-order valence-corrected chi connectivity index (χ0v) is 19.1. The average molecular weight is 463 g/mol. The van der Waals surface area contributed by atoms with Crippen molar-refractivity contribution in [2.45, 2.75) is 25.2 Å². The van der Waals surface area contributed by atoms with E-state index in [2.05, 4.69) is 28.7 Å². The number of aromatic nitrogens is 3. The van der Waals surface area contributed by atoms with Crippen molar-refractivity contribution < 1.29 is 13.2 Å². The van der Waals surface area contributed by atoms with E-state index < -0.39 is 10.0 Å². The van der Waals surface area contributed by atoms with Crippen LogP contribution in [0.3, 0.4) is 0 Å². The minimum atomic E-state index is -3.59. The van der Waals surface area contributed by atoms with E-state index in [1.54, 1.807) is 40.1 Å². The van der Waals surface area contributed by atoms with Gasteiger partial charge in [-0.15, -0.1) is 27.8 Å². The normalized spacial score (nSPS) is 12.1. The van der Waals surface area contributed by atoms with Crippen LogP contribution in [0.25, 0.3) is 15.7 Å². The second-order valence-electron chi connectivity index (χ2n) is 7.16. The minimum absolute atomic E-state index is 0.218. The van der Waals surface area contributed by atoms with Crippen LogP contribution in [-0.4, -0.2) is 36.2 Å². The van der Waals surface area contributed by atoms with Gasteiger partial charge in [0, 0.05) is 18.3 Å². The summed E-state index contributed by atoms with van der Waals surface area (Å²) in [6.07, 6.45) is 0.516. The van der Waals surface area contributed by atoms with Crippen molar-refractivity contribution >= 4 is 37.7 Å². The molecule has 3 heterocycles. The van der Waals surface area contributed by atoms with E-state index in [1.807, 2.05) is 22.9 Å². The molecule has 30 heavy (non-hydrogen) atoms. The van der Waals surface area contributed by atoms with Crippen LogP contribution in [0.4, 0.5) is 0 Å². The number of rotatable bonds is 9. The highest BCUT2D eigenvalue weighted by Crippen LogP contribution is 2.24. The van der Waals surface area contributed by atoms with Crippen molar-refractivity contribution in [1.29, 1.82) is 0 Å². The summed E-state index contributed by atoms with van der Waals surface area (Å²) in [6.45, 7) is 4.99. The van der Waals surface area contributed by atoms with E-state index in [0.717, 1.165) is 15.5 Å². The van der Waals surface area contributed by atoms with E-state index >= 15 is 0 Å². The highest BCUT2D eigenvalue weighted by Gasteiger charge is 2.16. The summed E-state index contributed by atoms with van der Waals surface area (Å²) >= 11 is 3.09. The molecule has 7 nitrogen and oxygen atoms in total. The first-order chi connectivity index (χ1) is 14.4. The van der Waals surface area contributed by atoms with Gasteiger partial charge in [0.25, 0.3) is 0 Å². The molecule has 0 saturated carbocycles. The number of fused-ring (bicyclic) bond motifs is 1. The Morgan fingerprint density at radius 2 is 1.97 bits per heavy atom. The monoisotopic (exact) mass is 462 g/mol. The number of sulfonamides is 1. The van der Waals surface area contributed by atoms with Crippen molar-refractivity contribution in [3.8, 4) is 16.5 Å². The van der Waals surface area contributed by atoms with Gasteiger partial charge in [0.2, 0.25) is 15.0 Å². The molecule has 0 aliphatic carbocycles. The second-order valence-corrected chi connectivity index (χ2v) is 10.7. The van der Waals surface area contributed by atoms with Crippen LogP contribution in [0.5, 0.6) is 5.75 Å². The molecule has 1 N–H and O–H groups in total. The Bertz CT molecular complexity index is 1210. The summed E-state index contributed by atoms with van der Waals surface area (Å²) in [5, 5.41) is 8.51. The predicted molar refractivity (Wildman–Crippen MR) is 120 cm³/mol. The average Bonchev–Trinajstić information content (AvgIpc) is 3.44. The minimum Gasteiger partial charge on any atom is -0.493 e. The Labute approximate surface area is 183 Å². The summed E-state index contributed by atoms with van der Waals surface area (Å²) in [5.41, 5.74) is 0.922. The molecular formula is C20H22N4O3S3. The van der Waals surface area contributed by atoms with Crippen molar-refractivity contribution in [3.05, 3.63) is 52.9 Å². The molecule has 0 radical (unpaired) electrons. The molecule has 4 aromatic rings. The Balaban J connectivity index is 1.38. The fraction of sp³-hybridized carbons (Fsp3) is 0.300. The summed E-state index contributed by atoms with van der Waals surface area (Å²) in [7, 11) is -3.59. The van der Waals surface area contributed by atoms with Crippen LogP contribution in [0, 0.1) is 5.92 Å². The topological polar surface area (TPSA) is 85.6 Å². The smallest absolute Gasteiger partial charge is 0.240 e. The molecule has 158 valence electrons. The van der Waals surface area contributed by atoms with Crippen LogP contribution in [0.2, 0.25) is 0 Å². The van der Waals surface area contributed by atoms with Crippen LogP contribution < -0.4 is 9.46 Å². The molecule has 4 rings (SSSR count). The molecular weight excluding hydrogens is 440 g/mol. The molecule has 3 aromatic heterocycles. The van der Waals surface area contributed by atoms with Gasteiger partial charge in [-0.3, -0.25) is 0 Å². The first-order valence-corrected chi connectivity index (χ1v) is 12.8. The Morgan fingerprint density at radius 3 is 2.67 bits per heavy atom. The zero-order chi connectivity index (χ0) is 21.1. The van der Waals surface area contributed by atoms with E-state index in [4.69, 9.17) is 4.74 Å². The molecule has 1 aromatic carbocycles. The standard InChI is InChI=1S/C20H22N4O3S3/c1-14(2)12-27-16-5-7-17(8-6-16)30(25,26)21-10-9-15-13-29-20-22-19(23-24(15)20)18-4-3-11-28-18/h3-8,11,13-14,21H,9-10,12H2,1-2H3. The largest absolute Gasteiger partial charge is 0.493 e. The third kappa shape index (κ3) is 4.72. The van der Waals surface area contributed by atoms with Gasteiger partial charge in [-0.05, 0) is 41.6 Å². The number of benzene rings is 1. The number of hydrogen-bond acceptors (Lipinski definition) is 7. The van der Waals surface area contributed by atoms with E-state index in [1.165, 1.54) is 11.3 Å². The summed E-state index contributed by atoms with van der Waals surface area (Å²) in [4.78, 5) is 6.57. The lowest BCUT2D eigenvalue weighted by molar-refractivity contribution is 0.271. The molecule has 0 saturated heterocycles. The zero-order valence-electron chi connectivity index (χ0n) is 16.6. The quantitative estimate of drug-likeness (QED) is 0.405. The number of nitrogens with zero attached hydrogens (tertiary/aromatic N) is 3. The number of thiophene rings is 1. The lowest BCUT2D eigenvalue weighted by Gasteiger charge is -2.10. The van der Waals surface area contributed by atoms with Crippen LogP contribution in [0.15, 0.2) is 52.1 Å².